The highest BCUT2D eigenvalue weighted by atomic mass is 16.6. The zero-order valence-electron chi connectivity index (χ0n) is 8.45. The molecular formula is C12H13NO. The summed E-state index contributed by atoms with van der Waals surface area (Å²) in [4.78, 5) is 0. The molecule has 0 saturated carbocycles. The molecule has 1 aliphatic rings. The van der Waals surface area contributed by atoms with Crippen LogP contribution in [-0.2, 0) is 11.2 Å². The molecule has 1 unspecified atom stereocenters. The Morgan fingerprint density at radius 3 is 2.64 bits per heavy atom. The van der Waals surface area contributed by atoms with Crippen molar-refractivity contribution in [1.82, 2.24) is 0 Å². The summed E-state index contributed by atoms with van der Waals surface area (Å²) in [6, 6.07) is 9.90. The first-order valence-electron chi connectivity index (χ1n) is 4.79. The van der Waals surface area contributed by atoms with E-state index in [9.17, 15) is 0 Å². The molecule has 1 atom stereocenters. The first-order chi connectivity index (χ1) is 6.63. The van der Waals surface area contributed by atoms with Crippen molar-refractivity contribution in [2.45, 2.75) is 32.0 Å². The van der Waals surface area contributed by atoms with Gasteiger partial charge in [-0.2, -0.15) is 5.26 Å². The fraction of sp³-hybridized carbons (Fsp3) is 0.417. The molecule has 2 rings (SSSR count). The average Bonchev–Trinajstić information content (AvgIpc) is 2.75. The van der Waals surface area contributed by atoms with Gasteiger partial charge < -0.3 is 4.74 Å². The molecule has 1 aromatic carbocycles. The van der Waals surface area contributed by atoms with E-state index in [1.165, 1.54) is 0 Å². The lowest BCUT2D eigenvalue weighted by atomic mass is 9.99. The van der Waals surface area contributed by atoms with Crippen molar-refractivity contribution in [2.75, 3.05) is 0 Å². The molecule has 1 aromatic rings. The number of nitriles is 1. The standard InChI is InChI=1S/C12H13NO/c1-12(2)11(14-12)7-9-5-3-4-6-10(9)8-13/h3-6,11H,7H2,1-2H3. The lowest BCUT2D eigenvalue weighted by molar-refractivity contribution is 0.323. The number of nitrogens with zero attached hydrogens (tertiary/aromatic N) is 1. The van der Waals surface area contributed by atoms with E-state index >= 15 is 0 Å². The third-order valence-corrected chi connectivity index (χ3v) is 2.71. The second-order valence-electron chi connectivity index (χ2n) is 4.18. The number of hydrogen-bond acceptors (Lipinski definition) is 2. The van der Waals surface area contributed by atoms with Gasteiger partial charge in [0.1, 0.15) is 0 Å². The van der Waals surface area contributed by atoms with Gasteiger partial charge >= 0.3 is 0 Å². The van der Waals surface area contributed by atoms with E-state index in [0.29, 0.717) is 0 Å². The Bertz CT molecular complexity index is 390. The normalized spacial score (nSPS) is 22.8. The summed E-state index contributed by atoms with van der Waals surface area (Å²) in [6.45, 7) is 4.15. The van der Waals surface area contributed by atoms with Crippen LogP contribution < -0.4 is 0 Å². The van der Waals surface area contributed by atoms with Crippen LogP contribution in [0.4, 0.5) is 0 Å². The first kappa shape index (κ1) is 9.23. The Hall–Kier alpha value is -1.33. The number of rotatable bonds is 2. The van der Waals surface area contributed by atoms with Gasteiger partial charge in [0.25, 0.3) is 0 Å². The molecule has 1 saturated heterocycles. The summed E-state index contributed by atoms with van der Waals surface area (Å²) < 4.78 is 5.50. The van der Waals surface area contributed by atoms with Crippen molar-refractivity contribution >= 4 is 0 Å². The molecule has 14 heavy (non-hydrogen) atoms. The van der Waals surface area contributed by atoms with Crippen molar-refractivity contribution in [2.24, 2.45) is 0 Å². The van der Waals surface area contributed by atoms with Crippen molar-refractivity contribution in [3.05, 3.63) is 35.4 Å². The molecule has 0 bridgehead atoms. The molecule has 0 spiro atoms. The Balaban J connectivity index is 2.15. The molecule has 0 aromatic heterocycles. The highest BCUT2D eigenvalue weighted by Crippen LogP contribution is 2.37. The molecule has 0 amide bonds. The first-order valence-corrected chi connectivity index (χ1v) is 4.79. The van der Waals surface area contributed by atoms with Crippen LogP contribution in [0.2, 0.25) is 0 Å². The topological polar surface area (TPSA) is 36.3 Å². The summed E-state index contributed by atoms with van der Waals surface area (Å²) in [5, 5.41) is 8.89. The predicted molar refractivity (Wildman–Crippen MR) is 53.8 cm³/mol. The van der Waals surface area contributed by atoms with Gasteiger partial charge in [0.15, 0.2) is 0 Å². The van der Waals surface area contributed by atoms with E-state index in [-0.39, 0.29) is 11.7 Å². The summed E-state index contributed by atoms with van der Waals surface area (Å²) in [7, 11) is 0. The maximum Gasteiger partial charge on any atom is 0.0994 e. The van der Waals surface area contributed by atoms with Gasteiger partial charge in [-0.05, 0) is 25.5 Å². The van der Waals surface area contributed by atoms with Crippen LogP contribution in [0.3, 0.4) is 0 Å². The number of benzene rings is 1. The maximum atomic E-state index is 8.89. The molecule has 0 radical (unpaired) electrons. The minimum absolute atomic E-state index is 0.00255. The third kappa shape index (κ3) is 1.64. The van der Waals surface area contributed by atoms with Crippen molar-refractivity contribution < 1.29 is 4.74 Å². The minimum atomic E-state index is 0.00255. The fourth-order valence-electron chi connectivity index (χ4n) is 1.63. The van der Waals surface area contributed by atoms with E-state index in [0.717, 1.165) is 17.5 Å². The van der Waals surface area contributed by atoms with E-state index in [2.05, 4.69) is 19.9 Å². The number of ether oxygens (including phenoxy) is 1. The molecule has 0 N–H and O–H groups in total. The van der Waals surface area contributed by atoms with Crippen LogP contribution in [0.1, 0.15) is 25.0 Å². The van der Waals surface area contributed by atoms with Crippen LogP contribution in [0.15, 0.2) is 24.3 Å². The summed E-state index contributed by atoms with van der Waals surface area (Å²) in [6.07, 6.45) is 1.12. The summed E-state index contributed by atoms with van der Waals surface area (Å²) in [5.74, 6) is 0. The van der Waals surface area contributed by atoms with Gasteiger partial charge in [-0.25, -0.2) is 0 Å². The summed E-state index contributed by atoms with van der Waals surface area (Å²) >= 11 is 0. The Morgan fingerprint density at radius 2 is 2.07 bits per heavy atom. The molecule has 1 fully saturated rings. The molecule has 0 aliphatic carbocycles. The Kier molecular flexibility index (Phi) is 2.05. The largest absolute Gasteiger partial charge is 0.366 e. The zero-order chi connectivity index (χ0) is 10.2. The minimum Gasteiger partial charge on any atom is -0.366 e. The zero-order valence-corrected chi connectivity index (χ0v) is 8.45. The lowest BCUT2D eigenvalue weighted by Gasteiger charge is -2.01. The van der Waals surface area contributed by atoms with Gasteiger partial charge in [-0.3, -0.25) is 0 Å². The molecule has 1 aliphatic heterocycles. The van der Waals surface area contributed by atoms with Gasteiger partial charge in [0.2, 0.25) is 0 Å². The molecule has 1 heterocycles. The van der Waals surface area contributed by atoms with E-state index in [4.69, 9.17) is 10.00 Å². The quantitative estimate of drug-likeness (QED) is 0.666. The average molecular weight is 187 g/mol. The SMILES string of the molecule is CC1(C)OC1Cc1ccccc1C#N. The highest BCUT2D eigenvalue weighted by Gasteiger charge is 2.47. The van der Waals surface area contributed by atoms with Gasteiger partial charge in [0.05, 0.1) is 23.3 Å². The van der Waals surface area contributed by atoms with Gasteiger partial charge in [-0.1, -0.05) is 18.2 Å². The van der Waals surface area contributed by atoms with Crippen LogP contribution in [0.25, 0.3) is 0 Å². The fourth-order valence-corrected chi connectivity index (χ4v) is 1.63. The summed E-state index contributed by atoms with van der Waals surface area (Å²) in [5.41, 5.74) is 1.85. The molecular weight excluding hydrogens is 174 g/mol. The van der Waals surface area contributed by atoms with E-state index < -0.39 is 0 Å². The molecule has 2 heteroatoms. The van der Waals surface area contributed by atoms with Crippen molar-refractivity contribution in [3.63, 3.8) is 0 Å². The predicted octanol–water partition coefficient (Wildman–Crippen LogP) is 2.28. The van der Waals surface area contributed by atoms with Crippen molar-refractivity contribution in [1.29, 1.82) is 5.26 Å². The van der Waals surface area contributed by atoms with E-state index in [1.807, 2.05) is 24.3 Å². The van der Waals surface area contributed by atoms with Crippen molar-refractivity contribution in [3.8, 4) is 6.07 Å². The Labute approximate surface area is 84.1 Å². The highest BCUT2D eigenvalue weighted by molar-refractivity contribution is 5.38. The van der Waals surface area contributed by atoms with E-state index in [1.54, 1.807) is 0 Å². The smallest absolute Gasteiger partial charge is 0.0994 e. The Morgan fingerprint density at radius 1 is 1.43 bits per heavy atom. The van der Waals surface area contributed by atoms with Crippen LogP contribution >= 0.6 is 0 Å². The van der Waals surface area contributed by atoms with Gasteiger partial charge in [-0.15, -0.1) is 0 Å². The molecule has 72 valence electrons. The second-order valence-corrected chi connectivity index (χ2v) is 4.18. The second kappa shape index (κ2) is 3.11. The van der Waals surface area contributed by atoms with Crippen LogP contribution in [-0.4, -0.2) is 11.7 Å². The molecule has 2 nitrogen and oxygen atoms in total. The van der Waals surface area contributed by atoms with Crippen LogP contribution in [0, 0.1) is 11.3 Å². The number of epoxide rings is 1. The van der Waals surface area contributed by atoms with Crippen LogP contribution in [0.5, 0.6) is 0 Å². The third-order valence-electron chi connectivity index (χ3n) is 2.71. The monoisotopic (exact) mass is 187 g/mol. The maximum absolute atomic E-state index is 8.89. The number of hydrogen-bond donors (Lipinski definition) is 0. The lowest BCUT2D eigenvalue weighted by Crippen LogP contribution is -2.06. The van der Waals surface area contributed by atoms with Gasteiger partial charge in [0, 0.05) is 6.42 Å².